The number of aryl methyl sites for hydroxylation is 3. The number of nitrogens with zero attached hydrogens (tertiary/aromatic N) is 2. The van der Waals surface area contributed by atoms with Crippen molar-refractivity contribution in [1.82, 2.24) is 10.1 Å². The lowest BCUT2D eigenvalue weighted by atomic mass is 10.2. The van der Waals surface area contributed by atoms with Crippen LogP contribution in [-0.4, -0.2) is 16.0 Å². The Bertz CT molecular complexity index is 949. The zero-order valence-corrected chi connectivity index (χ0v) is 15.0. The smallest absolute Gasteiger partial charge is 0.280 e. The number of ether oxygens (including phenoxy) is 1. The first-order valence-corrected chi connectivity index (χ1v) is 8.45. The van der Waals surface area contributed by atoms with Crippen LogP contribution in [0, 0.1) is 32.4 Å². The van der Waals surface area contributed by atoms with Gasteiger partial charge in [-0.15, -0.1) is 11.3 Å². The first-order chi connectivity index (χ1) is 12.3. The van der Waals surface area contributed by atoms with Crippen LogP contribution in [-0.2, 0) is 6.61 Å². The van der Waals surface area contributed by atoms with E-state index in [1.807, 2.05) is 13.8 Å². The number of carbonyl (C=O) groups excluding carboxylic acids is 1. The van der Waals surface area contributed by atoms with Crippen LogP contribution in [0.2, 0.25) is 0 Å². The zero-order chi connectivity index (χ0) is 18.8. The number of aromatic nitrogens is 2. The number of hydrogen-bond acceptors (Lipinski definition) is 6. The number of hydrogen-bond donors (Lipinski definition) is 1. The molecule has 3 aromatic rings. The minimum Gasteiger partial charge on any atom is -0.486 e. The van der Waals surface area contributed by atoms with Gasteiger partial charge in [0, 0.05) is 10.9 Å². The molecule has 3 rings (SSSR count). The van der Waals surface area contributed by atoms with Gasteiger partial charge in [0.05, 0.1) is 11.3 Å². The van der Waals surface area contributed by atoms with E-state index in [-0.39, 0.29) is 18.1 Å². The van der Waals surface area contributed by atoms with Crippen molar-refractivity contribution in [2.24, 2.45) is 0 Å². The lowest BCUT2D eigenvalue weighted by molar-refractivity contribution is 0.101. The molecule has 9 heteroatoms. The van der Waals surface area contributed by atoms with Crippen LogP contribution in [0.1, 0.15) is 32.4 Å². The van der Waals surface area contributed by atoms with Crippen molar-refractivity contribution >= 4 is 22.4 Å². The van der Waals surface area contributed by atoms with Gasteiger partial charge in [0.15, 0.2) is 22.4 Å². The van der Waals surface area contributed by atoms with E-state index in [2.05, 4.69) is 15.5 Å². The monoisotopic (exact) mass is 379 g/mol. The topological polar surface area (TPSA) is 77.3 Å². The predicted molar refractivity (Wildman–Crippen MR) is 91.5 cm³/mol. The van der Waals surface area contributed by atoms with Gasteiger partial charge in [-0.05, 0) is 32.9 Å². The molecular weight excluding hydrogens is 364 g/mol. The third-order valence-electron chi connectivity index (χ3n) is 3.71. The minimum absolute atomic E-state index is 0.0236. The second kappa shape index (κ2) is 7.20. The van der Waals surface area contributed by atoms with Gasteiger partial charge in [-0.3, -0.25) is 10.1 Å². The molecule has 0 aliphatic carbocycles. The van der Waals surface area contributed by atoms with E-state index in [0.29, 0.717) is 16.5 Å². The van der Waals surface area contributed by atoms with Gasteiger partial charge in [0.1, 0.15) is 18.2 Å². The molecule has 0 saturated heterocycles. The maximum Gasteiger partial charge on any atom is 0.280 e. The Morgan fingerprint density at radius 2 is 2.08 bits per heavy atom. The van der Waals surface area contributed by atoms with Crippen LogP contribution in [0.25, 0.3) is 0 Å². The number of nitrogens with one attached hydrogen (secondary N) is 1. The summed E-state index contributed by atoms with van der Waals surface area (Å²) in [5, 5.41) is 6.85. The summed E-state index contributed by atoms with van der Waals surface area (Å²) >= 11 is 1.35. The van der Waals surface area contributed by atoms with Gasteiger partial charge in [0.2, 0.25) is 0 Å². The van der Waals surface area contributed by atoms with Crippen molar-refractivity contribution < 1.29 is 22.8 Å². The van der Waals surface area contributed by atoms with Crippen molar-refractivity contribution in [1.29, 1.82) is 0 Å². The van der Waals surface area contributed by atoms with Gasteiger partial charge in [-0.25, -0.2) is 13.8 Å². The molecule has 2 heterocycles. The molecule has 0 unspecified atom stereocenters. The number of amides is 1. The van der Waals surface area contributed by atoms with Gasteiger partial charge >= 0.3 is 0 Å². The Hall–Kier alpha value is -2.81. The van der Waals surface area contributed by atoms with E-state index in [4.69, 9.17) is 9.26 Å². The van der Waals surface area contributed by atoms with Crippen LogP contribution in [0.5, 0.6) is 5.75 Å². The van der Waals surface area contributed by atoms with Crippen LogP contribution < -0.4 is 10.1 Å². The fraction of sp³-hybridized carbons (Fsp3) is 0.235. The summed E-state index contributed by atoms with van der Waals surface area (Å²) in [6, 6.07) is 2.98. The molecular formula is C17H15F2N3O3S. The highest BCUT2D eigenvalue weighted by Crippen LogP contribution is 2.24. The fourth-order valence-corrected chi connectivity index (χ4v) is 2.97. The Kier molecular flexibility index (Phi) is 4.99. The molecule has 1 amide bonds. The molecule has 0 bridgehead atoms. The third-order valence-corrected chi connectivity index (χ3v) is 4.70. The lowest BCUT2D eigenvalue weighted by Crippen LogP contribution is -2.15. The number of benzene rings is 1. The van der Waals surface area contributed by atoms with Gasteiger partial charge in [0.25, 0.3) is 5.91 Å². The van der Waals surface area contributed by atoms with Crippen molar-refractivity contribution in [3.63, 3.8) is 0 Å². The molecule has 0 spiro atoms. The first-order valence-electron chi connectivity index (χ1n) is 7.63. The Balaban J connectivity index is 1.76. The fourth-order valence-electron chi connectivity index (χ4n) is 2.16. The molecule has 1 N–H and O–H groups in total. The largest absolute Gasteiger partial charge is 0.486 e. The molecule has 136 valence electrons. The summed E-state index contributed by atoms with van der Waals surface area (Å²) in [7, 11) is 0. The van der Waals surface area contributed by atoms with Gasteiger partial charge in [-0.1, -0.05) is 5.16 Å². The van der Waals surface area contributed by atoms with E-state index in [9.17, 15) is 13.6 Å². The van der Waals surface area contributed by atoms with E-state index in [1.54, 1.807) is 6.92 Å². The van der Waals surface area contributed by atoms with E-state index in [1.165, 1.54) is 17.4 Å². The van der Waals surface area contributed by atoms with Crippen molar-refractivity contribution in [3.05, 3.63) is 57.4 Å². The summed E-state index contributed by atoms with van der Waals surface area (Å²) in [5.41, 5.74) is 1.23. The van der Waals surface area contributed by atoms with Crippen LogP contribution in [0.3, 0.4) is 0 Å². The molecule has 6 nitrogen and oxygen atoms in total. The van der Waals surface area contributed by atoms with E-state index >= 15 is 0 Å². The second-order valence-corrected chi connectivity index (χ2v) is 6.75. The van der Waals surface area contributed by atoms with Gasteiger partial charge in [-0.2, -0.15) is 0 Å². The van der Waals surface area contributed by atoms with Gasteiger partial charge < -0.3 is 9.26 Å². The number of carbonyl (C=O) groups is 1. The first kappa shape index (κ1) is 18.0. The van der Waals surface area contributed by atoms with Crippen LogP contribution in [0.4, 0.5) is 13.9 Å². The average Bonchev–Trinajstić information content (AvgIpc) is 3.09. The second-order valence-electron chi connectivity index (χ2n) is 5.54. The van der Waals surface area contributed by atoms with Crippen LogP contribution in [0.15, 0.2) is 22.7 Å². The average molecular weight is 379 g/mol. The third kappa shape index (κ3) is 3.72. The molecule has 1 aromatic carbocycles. The quantitative estimate of drug-likeness (QED) is 0.720. The molecule has 0 fully saturated rings. The maximum atomic E-state index is 13.7. The van der Waals surface area contributed by atoms with Crippen LogP contribution >= 0.6 is 11.3 Å². The number of rotatable bonds is 5. The van der Waals surface area contributed by atoms with E-state index < -0.39 is 17.5 Å². The lowest BCUT2D eigenvalue weighted by Gasteiger charge is -2.07. The Morgan fingerprint density at radius 3 is 2.73 bits per heavy atom. The van der Waals surface area contributed by atoms with Crippen molar-refractivity contribution in [2.75, 3.05) is 5.32 Å². The Morgan fingerprint density at radius 1 is 1.31 bits per heavy atom. The standard InChI is InChI=1S/C17H15F2N3O3S/c1-8-10(3)26-17(20-8)21-16(23)15-12(9(2)25-22-15)7-24-14-5-4-11(18)6-13(14)19/h4-6H,7H2,1-3H3,(H,20,21,23). The SMILES string of the molecule is Cc1nc(NC(=O)c2noc(C)c2COc2ccc(F)cc2F)sc1C. The summed E-state index contributed by atoms with van der Waals surface area (Å²) in [6.07, 6.45) is 0. The normalized spacial score (nSPS) is 10.8. The highest BCUT2D eigenvalue weighted by atomic mass is 32.1. The molecule has 26 heavy (non-hydrogen) atoms. The number of thiazole rings is 1. The maximum absolute atomic E-state index is 13.7. The summed E-state index contributed by atoms with van der Waals surface area (Å²) in [5.74, 6) is -1.81. The zero-order valence-electron chi connectivity index (χ0n) is 14.2. The Labute approximate surface area is 151 Å². The highest BCUT2D eigenvalue weighted by Gasteiger charge is 2.22. The molecule has 0 radical (unpaired) electrons. The molecule has 0 aliphatic heterocycles. The van der Waals surface area contributed by atoms with Crippen molar-refractivity contribution in [2.45, 2.75) is 27.4 Å². The number of anilines is 1. The minimum atomic E-state index is -0.834. The highest BCUT2D eigenvalue weighted by molar-refractivity contribution is 7.15. The van der Waals surface area contributed by atoms with Crippen molar-refractivity contribution in [3.8, 4) is 5.75 Å². The van der Waals surface area contributed by atoms with E-state index in [0.717, 1.165) is 22.7 Å². The molecule has 0 saturated carbocycles. The molecule has 0 aliphatic rings. The summed E-state index contributed by atoms with van der Waals surface area (Å²) in [4.78, 5) is 17.7. The summed E-state index contributed by atoms with van der Waals surface area (Å²) in [6.45, 7) is 5.20. The molecule has 0 atom stereocenters. The predicted octanol–water partition coefficient (Wildman–Crippen LogP) is 4.17. The molecule has 2 aromatic heterocycles. The number of halogens is 2. The summed E-state index contributed by atoms with van der Waals surface area (Å²) < 4.78 is 37.0.